The van der Waals surface area contributed by atoms with Gasteiger partial charge in [0.15, 0.2) is 0 Å². The third-order valence-corrected chi connectivity index (χ3v) is 6.91. The Hall–Kier alpha value is -0.0500. The van der Waals surface area contributed by atoms with Gasteiger partial charge in [-0.2, -0.15) is 0 Å². The summed E-state index contributed by atoms with van der Waals surface area (Å²) < 4.78 is 22.3. The van der Waals surface area contributed by atoms with Crippen LogP contribution in [0.2, 0.25) is 0 Å². The van der Waals surface area contributed by atoms with Gasteiger partial charge in [0.05, 0.1) is 41.0 Å². The molecule has 0 aromatic heterocycles. The zero-order valence-electron chi connectivity index (χ0n) is 23.3. The van der Waals surface area contributed by atoms with Gasteiger partial charge in [-0.1, -0.05) is 103 Å². The maximum absolute atomic E-state index is 11.9. The Labute approximate surface area is 215 Å². The zero-order chi connectivity index (χ0) is 26.3. The minimum Gasteiger partial charge on any atom is -0.393 e. The number of hydrogen-bond acceptors (Lipinski definition) is 6. The number of nitrogens with zero attached hydrogens (tertiary/aromatic N) is 1. The van der Waals surface area contributed by atoms with E-state index in [-0.39, 0.29) is 19.8 Å². The SMILES string of the molecule is CCCCCCCCCCCCCCCCCCOO[C@@H](CO)COP(=O)(O)OCC[N+](C)(C)C. The highest BCUT2D eigenvalue weighted by atomic mass is 31.2. The smallest absolute Gasteiger partial charge is 0.393 e. The number of phosphoric acid groups is 1. The number of quaternary nitrogens is 1. The largest absolute Gasteiger partial charge is 0.472 e. The molecule has 0 radical (unpaired) electrons. The molecule has 0 aliphatic rings. The van der Waals surface area contributed by atoms with Crippen molar-refractivity contribution in [1.29, 1.82) is 0 Å². The molecule has 212 valence electrons. The highest BCUT2D eigenvalue weighted by Crippen LogP contribution is 2.43. The van der Waals surface area contributed by atoms with E-state index in [1.807, 2.05) is 21.1 Å². The Bertz CT molecular complexity index is 503. The normalized spacial score (nSPS) is 14.8. The standard InChI is InChI=1S/C26H56NO7P/c1-5-6-7-8-9-10-11-12-13-14-15-16-17-18-19-20-22-31-34-26(24-28)25-33-35(29,30)32-23-21-27(2,3)4/h26,28H,5-25H2,1-4H3/p+1/t26-/m0/s1. The Balaban J connectivity index is 3.49. The van der Waals surface area contributed by atoms with Gasteiger partial charge >= 0.3 is 7.82 Å². The highest BCUT2D eigenvalue weighted by molar-refractivity contribution is 7.47. The molecule has 0 bridgehead atoms. The van der Waals surface area contributed by atoms with Crippen molar-refractivity contribution in [3.05, 3.63) is 0 Å². The first-order chi connectivity index (χ1) is 16.7. The zero-order valence-corrected chi connectivity index (χ0v) is 24.2. The van der Waals surface area contributed by atoms with E-state index in [0.717, 1.165) is 12.8 Å². The molecule has 8 nitrogen and oxygen atoms in total. The topological polar surface area (TPSA) is 94.5 Å². The summed E-state index contributed by atoms with van der Waals surface area (Å²) in [6.45, 7) is 2.69. The third-order valence-electron chi connectivity index (χ3n) is 5.93. The number of phosphoric ester groups is 1. The van der Waals surface area contributed by atoms with Crippen molar-refractivity contribution in [3.63, 3.8) is 0 Å². The molecule has 0 rings (SSSR count). The van der Waals surface area contributed by atoms with Crippen molar-refractivity contribution in [3.8, 4) is 0 Å². The van der Waals surface area contributed by atoms with Crippen molar-refractivity contribution < 1.29 is 37.9 Å². The molecule has 1 unspecified atom stereocenters. The van der Waals surface area contributed by atoms with Crippen LogP contribution in [0.1, 0.15) is 110 Å². The van der Waals surface area contributed by atoms with Crippen LogP contribution in [-0.2, 0) is 23.4 Å². The molecule has 0 heterocycles. The second kappa shape index (κ2) is 23.1. The van der Waals surface area contributed by atoms with Gasteiger partial charge in [-0.05, 0) is 6.42 Å². The summed E-state index contributed by atoms with van der Waals surface area (Å²) in [6.07, 6.45) is 20.1. The van der Waals surface area contributed by atoms with E-state index in [1.54, 1.807) is 0 Å². The quantitative estimate of drug-likeness (QED) is 0.0421. The van der Waals surface area contributed by atoms with Gasteiger partial charge in [0, 0.05) is 0 Å². The van der Waals surface area contributed by atoms with Crippen molar-refractivity contribution in [1.82, 2.24) is 0 Å². The molecule has 0 amide bonds. The van der Waals surface area contributed by atoms with Crippen molar-refractivity contribution in [2.45, 2.75) is 116 Å². The molecule has 2 N–H and O–H groups in total. The molecule has 0 aromatic rings. The molecule has 0 aliphatic carbocycles. The molecule has 2 atom stereocenters. The van der Waals surface area contributed by atoms with E-state index < -0.39 is 13.9 Å². The van der Waals surface area contributed by atoms with Gasteiger partial charge in [-0.25, -0.2) is 14.3 Å². The molecule has 35 heavy (non-hydrogen) atoms. The molecule has 0 aromatic carbocycles. The van der Waals surface area contributed by atoms with Gasteiger partial charge in [-0.3, -0.25) is 9.05 Å². The number of unbranched alkanes of at least 4 members (excludes halogenated alkanes) is 15. The van der Waals surface area contributed by atoms with Crippen LogP contribution in [0.3, 0.4) is 0 Å². The first-order valence-electron chi connectivity index (χ1n) is 14.0. The first-order valence-corrected chi connectivity index (χ1v) is 15.5. The van der Waals surface area contributed by atoms with Crippen molar-refractivity contribution in [2.75, 3.05) is 54.1 Å². The summed E-state index contributed by atoms with van der Waals surface area (Å²) in [5.74, 6) is 0. The van der Waals surface area contributed by atoms with Gasteiger partial charge in [0.2, 0.25) is 0 Å². The van der Waals surface area contributed by atoms with Crippen LogP contribution in [0.25, 0.3) is 0 Å². The Morgan fingerprint density at radius 2 is 1.17 bits per heavy atom. The molecule has 0 saturated heterocycles. The van der Waals surface area contributed by atoms with E-state index in [4.69, 9.17) is 18.8 Å². The van der Waals surface area contributed by atoms with E-state index >= 15 is 0 Å². The summed E-state index contributed by atoms with van der Waals surface area (Å²) in [6, 6.07) is 0. The first kappa shape index (κ1) is 35.0. The van der Waals surface area contributed by atoms with Crippen LogP contribution in [-0.4, -0.2) is 74.7 Å². The molecular formula is C26H57NO7P+. The van der Waals surface area contributed by atoms with Gasteiger partial charge < -0.3 is 14.5 Å². The summed E-state index contributed by atoms with van der Waals surface area (Å²) in [5.41, 5.74) is 0. The predicted octanol–water partition coefficient (Wildman–Crippen LogP) is 6.40. The Kier molecular flexibility index (Phi) is 23.1. The van der Waals surface area contributed by atoms with Crippen molar-refractivity contribution in [2.24, 2.45) is 0 Å². The lowest BCUT2D eigenvalue weighted by Crippen LogP contribution is -2.37. The second-order valence-corrected chi connectivity index (χ2v) is 12.1. The number of likely N-dealkylation sites (N-methyl/N-ethyl adjacent to an activating group) is 1. The van der Waals surface area contributed by atoms with Crippen molar-refractivity contribution >= 4 is 7.82 Å². The van der Waals surface area contributed by atoms with Gasteiger partial charge in [0.25, 0.3) is 0 Å². The Morgan fingerprint density at radius 1 is 0.714 bits per heavy atom. The van der Waals surface area contributed by atoms with Crippen LogP contribution in [0, 0.1) is 0 Å². The molecule has 0 fully saturated rings. The van der Waals surface area contributed by atoms with Gasteiger partial charge in [-0.15, -0.1) is 0 Å². The maximum Gasteiger partial charge on any atom is 0.472 e. The molecule has 9 heteroatoms. The summed E-state index contributed by atoms with van der Waals surface area (Å²) in [5, 5.41) is 9.35. The summed E-state index contributed by atoms with van der Waals surface area (Å²) >= 11 is 0. The van der Waals surface area contributed by atoms with E-state index in [2.05, 4.69) is 6.92 Å². The fraction of sp³-hybridized carbons (Fsp3) is 1.00. The minimum atomic E-state index is -4.18. The highest BCUT2D eigenvalue weighted by Gasteiger charge is 2.25. The van der Waals surface area contributed by atoms with Crippen LogP contribution < -0.4 is 0 Å². The number of aliphatic hydroxyl groups is 1. The minimum absolute atomic E-state index is 0.0949. The summed E-state index contributed by atoms with van der Waals surface area (Å²) in [7, 11) is 1.69. The Morgan fingerprint density at radius 3 is 1.60 bits per heavy atom. The van der Waals surface area contributed by atoms with Crippen LogP contribution >= 0.6 is 7.82 Å². The van der Waals surface area contributed by atoms with E-state index in [0.29, 0.717) is 17.6 Å². The maximum atomic E-state index is 11.9. The van der Waals surface area contributed by atoms with E-state index in [9.17, 15) is 14.6 Å². The lowest BCUT2D eigenvalue weighted by molar-refractivity contribution is -0.870. The summed E-state index contributed by atoms with van der Waals surface area (Å²) in [4.78, 5) is 20.0. The average Bonchev–Trinajstić information content (AvgIpc) is 2.79. The lowest BCUT2D eigenvalue weighted by atomic mass is 10.0. The number of rotatable bonds is 27. The lowest BCUT2D eigenvalue weighted by Gasteiger charge is -2.24. The molecule has 0 aliphatic heterocycles. The monoisotopic (exact) mass is 526 g/mol. The van der Waals surface area contributed by atoms with Gasteiger partial charge in [0.1, 0.15) is 19.3 Å². The molecule has 0 saturated carbocycles. The number of aliphatic hydroxyl groups excluding tert-OH is 1. The number of hydrogen-bond donors (Lipinski definition) is 2. The second-order valence-electron chi connectivity index (χ2n) is 10.6. The van der Waals surface area contributed by atoms with Crippen LogP contribution in [0.5, 0.6) is 0 Å². The molecule has 0 spiro atoms. The predicted molar refractivity (Wildman–Crippen MR) is 142 cm³/mol. The van der Waals surface area contributed by atoms with Crippen LogP contribution in [0.15, 0.2) is 0 Å². The third kappa shape index (κ3) is 26.8. The fourth-order valence-electron chi connectivity index (χ4n) is 3.61. The van der Waals surface area contributed by atoms with Crippen LogP contribution in [0.4, 0.5) is 0 Å². The fourth-order valence-corrected chi connectivity index (χ4v) is 4.35. The molecular weight excluding hydrogens is 469 g/mol. The average molecular weight is 527 g/mol. The van der Waals surface area contributed by atoms with E-state index in [1.165, 1.54) is 89.9 Å².